The molecule has 2 saturated heterocycles. The zero-order valence-electron chi connectivity index (χ0n) is 17.6. The lowest BCUT2D eigenvalue weighted by Crippen LogP contribution is -3.11. The van der Waals surface area contributed by atoms with Crippen LogP contribution in [-0.4, -0.2) is 44.2 Å². The number of quaternary nitrogens is 1. The standard InChI is InChI=1S/C23H36N2O2/c1-19(2)27-21-9-7-20(8-10-21)15-24-17-23(18-25-12-5-6-13-25)11-14-26-22(3,4)16-23/h7-10,17,19H,5-6,11-16,18H2,1-4H3/p+2/t23-/m0/s1. The molecule has 0 amide bonds. The predicted molar refractivity (Wildman–Crippen MR) is 109 cm³/mol. The second-order valence-electron chi connectivity index (χ2n) is 9.37. The summed E-state index contributed by atoms with van der Waals surface area (Å²) in [4.78, 5) is 5.41. The van der Waals surface area contributed by atoms with Crippen molar-refractivity contribution in [2.45, 2.75) is 71.6 Å². The van der Waals surface area contributed by atoms with Crippen LogP contribution in [0, 0.1) is 5.41 Å². The van der Waals surface area contributed by atoms with Crippen LogP contribution in [-0.2, 0) is 11.3 Å². The third-order valence-electron chi connectivity index (χ3n) is 5.79. The monoisotopic (exact) mass is 374 g/mol. The first kappa shape index (κ1) is 20.3. The van der Waals surface area contributed by atoms with Gasteiger partial charge in [-0.2, -0.15) is 0 Å². The van der Waals surface area contributed by atoms with Gasteiger partial charge in [0.2, 0.25) is 0 Å². The van der Waals surface area contributed by atoms with Crippen LogP contribution in [0.3, 0.4) is 0 Å². The van der Waals surface area contributed by atoms with Gasteiger partial charge in [-0.3, -0.25) is 0 Å². The van der Waals surface area contributed by atoms with Gasteiger partial charge in [-0.15, -0.1) is 0 Å². The lowest BCUT2D eigenvalue weighted by Gasteiger charge is -2.41. The summed E-state index contributed by atoms with van der Waals surface area (Å²) >= 11 is 0. The number of nitrogens with one attached hydrogen (secondary N) is 2. The number of likely N-dealkylation sites (tertiary alicyclic amines) is 1. The van der Waals surface area contributed by atoms with Crippen molar-refractivity contribution >= 4 is 6.21 Å². The number of ether oxygens (including phenoxy) is 2. The summed E-state index contributed by atoms with van der Waals surface area (Å²) in [5.41, 5.74) is 1.48. The lowest BCUT2D eigenvalue weighted by atomic mass is 9.74. The molecule has 1 aromatic carbocycles. The molecule has 0 unspecified atom stereocenters. The van der Waals surface area contributed by atoms with E-state index in [2.05, 4.69) is 63.2 Å². The average molecular weight is 375 g/mol. The molecule has 4 nitrogen and oxygen atoms in total. The molecule has 0 radical (unpaired) electrons. The quantitative estimate of drug-likeness (QED) is 0.708. The molecule has 150 valence electrons. The van der Waals surface area contributed by atoms with Crippen molar-refractivity contribution in [2.75, 3.05) is 26.2 Å². The molecule has 3 rings (SSSR count). The third-order valence-corrected chi connectivity index (χ3v) is 5.79. The van der Waals surface area contributed by atoms with Crippen molar-refractivity contribution in [2.24, 2.45) is 5.41 Å². The molecular formula is C23H38N2O2+2. The van der Waals surface area contributed by atoms with Gasteiger partial charge in [0.15, 0.2) is 6.54 Å². The second-order valence-corrected chi connectivity index (χ2v) is 9.37. The first-order valence-electron chi connectivity index (χ1n) is 10.7. The van der Waals surface area contributed by atoms with E-state index < -0.39 is 0 Å². The van der Waals surface area contributed by atoms with E-state index in [9.17, 15) is 0 Å². The highest BCUT2D eigenvalue weighted by Gasteiger charge is 2.45. The van der Waals surface area contributed by atoms with Crippen molar-refractivity contribution in [1.29, 1.82) is 0 Å². The summed E-state index contributed by atoms with van der Waals surface area (Å²) in [6.07, 6.45) is 7.59. The molecule has 0 spiro atoms. The van der Waals surface area contributed by atoms with Gasteiger partial charge in [0, 0.05) is 25.0 Å². The summed E-state index contributed by atoms with van der Waals surface area (Å²) in [6.45, 7) is 14.2. The van der Waals surface area contributed by atoms with Crippen molar-refractivity contribution < 1.29 is 19.4 Å². The van der Waals surface area contributed by atoms with E-state index in [4.69, 9.17) is 9.47 Å². The maximum Gasteiger partial charge on any atom is 0.165 e. The first-order valence-corrected chi connectivity index (χ1v) is 10.7. The van der Waals surface area contributed by atoms with Gasteiger partial charge < -0.3 is 14.4 Å². The smallest absolute Gasteiger partial charge is 0.165 e. The zero-order chi connectivity index (χ0) is 19.3. The van der Waals surface area contributed by atoms with Crippen molar-refractivity contribution in [3.05, 3.63) is 29.8 Å². The van der Waals surface area contributed by atoms with Crippen LogP contribution in [0.25, 0.3) is 0 Å². The lowest BCUT2D eigenvalue weighted by molar-refractivity contribution is -0.893. The molecule has 2 aliphatic rings. The van der Waals surface area contributed by atoms with Gasteiger partial charge >= 0.3 is 0 Å². The molecule has 0 saturated carbocycles. The van der Waals surface area contributed by atoms with Crippen LogP contribution in [0.15, 0.2) is 24.3 Å². The Morgan fingerprint density at radius 2 is 1.89 bits per heavy atom. The molecule has 2 N–H and O–H groups in total. The number of hydrogen-bond acceptors (Lipinski definition) is 2. The summed E-state index contributed by atoms with van der Waals surface area (Å²) in [5, 5.41) is 0. The Kier molecular flexibility index (Phi) is 6.59. The highest BCUT2D eigenvalue weighted by atomic mass is 16.5. The average Bonchev–Trinajstić information content (AvgIpc) is 3.07. The van der Waals surface area contributed by atoms with Crippen LogP contribution >= 0.6 is 0 Å². The van der Waals surface area contributed by atoms with Crippen LogP contribution in [0.2, 0.25) is 0 Å². The number of hydrogen-bond donors (Lipinski definition) is 2. The van der Waals surface area contributed by atoms with E-state index in [1.165, 1.54) is 38.0 Å². The van der Waals surface area contributed by atoms with Gasteiger partial charge in [0.05, 0.1) is 31.3 Å². The normalized spacial score (nSPS) is 26.1. The first-order chi connectivity index (χ1) is 12.9. The van der Waals surface area contributed by atoms with Crippen molar-refractivity contribution in [3.63, 3.8) is 0 Å². The fourth-order valence-corrected chi connectivity index (χ4v) is 4.74. The van der Waals surface area contributed by atoms with E-state index in [-0.39, 0.29) is 17.1 Å². The maximum absolute atomic E-state index is 6.02. The van der Waals surface area contributed by atoms with Gasteiger partial charge in [0.1, 0.15) is 17.4 Å². The Balaban J connectivity index is 1.66. The topological polar surface area (TPSA) is 36.9 Å². The molecule has 0 aliphatic carbocycles. The molecular weight excluding hydrogens is 336 g/mol. The Morgan fingerprint density at radius 3 is 2.52 bits per heavy atom. The molecule has 4 heteroatoms. The summed E-state index contributed by atoms with van der Waals surface area (Å²) in [6, 6.07) is 8.45. The predicted octanol–water partition coefficient (Wildman–Crippen LogP) is 1.38. The van der Waals surface area contributed by atoms with Gasteiger partial charge in [-0.05, 0) is 64.8 Å². The molecule has 2 aliphatic heterocycles. The van der Waals surface area contributed by atoms with Gasteiger partial charge in [0.25, 0.3) is 0 Å². The molecule has 0 bridgehead atoms. The highest BCUT2D eigenvalue weighted by Crippen LogP contribution is 2.36. The minimum Gasteiger partial charge on any atom is -0.491 e. The van der Waals surface area contributed by atoms with Crippen molar-refractivity contribution in [3.8, 4) is 5.75 Å². The molecule has 2 heterocycles. The Labute approximate surface area is 165 Å². The van der Waals surface area contributed by atoms with Crippen LogP contribution < -0.4 is 14.6 Å². The van der Waals surface area contributed by atoms with Crippen LogP contribution in [0.4, 0.5) is 0 Å². The van der Waals surface area contributed by atoms with Crippen molar-refractivity contribution in [1.82, 2.24) is 0 Å². The van der Waals surface area contributed by atoms with Gasteiger partial charge in [-0.25, -0.2) is 4.99 Å². The minimum absolute atomic E-state index is 0.0363. The number of rotatable bonds is 7. The molecule has 1 aromatic rings. The van der Waals surface area contributed by atoms with Crippen LogP contribution in [0.1, 0.15) is 58.9 Å². The van der Waals surface area contributed by atoms with E-state index in [1.807, 2.05) is 0 Å². The zero-order valence-corrected chi connectivity index (χ0v) is 17.6. The van der Waals surface area contributed by atoms with Crippen LogP contribution in [0.5, 0.6) is 5.75 Å². The second kappa shape index (κ2) is 8.74. The highest BCUT2D eigenvalue weighted by molar-refractivity contribution is 5.60. The number of benzene rings is 1. The largest absolute Gasteiger partial charge is 0.491 e. The molecule has 27 heavy (non-hydrogen) atoms. The molecule has 0 aromatic heterocycles. The van der Waals surface area contributed by atoms with E-state index in [0.29, 0.717) is 0 Å². The Bertz CT molecular complexity index is 618. The van der Waals surface area contributed by atoms with Gasteiger partial charge in [-0.1, -0.05) is 0 Å². The summed E-state index contributed by atoms with van der Waals surface area (Å²) < 4.78 is 11.8. The third kappa shape index (κ3) is 6.05. The fraction of sp³-hybridized carbons (Fsp3) is 0.696. The van der Waals surface area contributed by atoms with E-state index >= 15 is 0 Å². The minimum atomic E-state index is -0.0363. The van der Waals surface area contributed by atoms with E-state index in [0.717, 1.165) is 31.7 Å². The fourth-order valence-electron chi connectivity index (χ4n) is 4.74. The summed E-state index contributed by atoms with van der Waals surface area (Å²) in [7, 11) is 0. The summed E-state index contributed by atoms with van der Waals surface area (Å²) in [5.74, 6) is 0.943. The maximum atomic E-state index is 6.02. The Hall–Kier alpha value is -1.39. The van der Waals surface area contributed by atoms with E-state index in [1.54, 1.807) is 4.90 Å². The SMILES string of the molecule is CC(C)Oc1ccc(C[NH+]=C[C@]2(C[NH+]3CCCC3)CCOC(C)(C)C2)cc1. The Morgan fingerprint density at radius 1 is 1.19 bits per heavy atom. The molecule has 2 fully saturated rings. The molecule has 1 atom stereocenters.